The van der Waals surface area contributed by atoms with Crippen molar-refractivity contribution < 1.29 is 4.74 Å². The smallest absolute Gasteiger partial charge is 0.221 e. The minimum atomic E-state index is 0.510. The Morgan fingerprint density at radius 3 is 2.60 bits per heavy atom. The fourth-order valence-electron chi connectivity index (χ4n) is 3.05. The number of hydrogen-bond acceptors (Lipinski definition) is 3. The van der Waals surface area contributed by atoms with E-state index in [0.29, 0.717) is 12.5 Å². The second-order valence-corrected chi connectivity index (χ2v) is 5.65. The van der Waals surface area contributed by atoms with Crippen molar-refractivity contribution in [1.82, 2.24) is 4.98 Å². The molecule has 3 heteroatoms. The van der Waals surface area contributed by atoms with Crippen LogP contribution in [0, 0.1) is 5.92 Å². The largest absolute Gasteiger partial charge is 0.477 e. The van der Waals surface area contributed by atoms with Crippen molar-refractivity contribution in [1.29, 1.82) is 0 Å². The summed E-state index contributed by atoms with van der Waals surface area (Å²) in [6.45, 7) is 1.30. The standard InChI is InChI=1S/C17H22N2O/c18-10-14-11-19-17(16-9-5-4-8-15(14)16)20-12-13-6-2-1-3-7-13/h4-5,8-9,11,13H,1-3,6-7,10,12,18H2. The summed E-state index contributed by atoms with van der Waals surface area (Å²) in [7, 11) is 0. The molecule has 0 bridgehead atoms. The summed E-state index contributed by atoms with van der Waals surface area (Å²) in [5.41, 5.74) is 6.85. The van der Waals surface area contributed by atoms with Gasteiger partial charge in [-0.1, -0.05) is 37.5 Å². The number of pyridine rings is 1. The van der Waals surface area contributed by atoms with Gasteiger partial charge in [0.25, 0.3) is 0 Å². The van der Waals surface area contributed by atoms with Gasteiger partial charge in [-0.05, 0) is 35.8 Å². The van der Waals surface area contributed by atoms with Gasteiger partial charge in [0.2, 0.25) is 5.88 Å². The number of nitrogens with zero attached hydrogens (tertiary/aromatic N) is 1. The van der Waals surface area contributed by atoms with Gasteiger partial charge in [-0.25, -0.2) is 4.98 Å². The van der Waals surface area contributed by atoms with Gasteiger partial charge < -0.3 is 10.5 Å². The van der Waals surface area contributed by atoms with Crippen molar-refractivity contribution in [3.63, 3.8) is 0 Å². The van der Waals surface area contributed by atoms with Gasteiger partial charge in [0, 0.05) is 18.1 Å². The number of benzene rings is 1. The van der Waals surface area contributed by atoms with Gasteiger partial charge in [-0.15, -0.1) is 0 Å². The summed E-state index contributed by atoms with van der Waals surface area (Å²) in [6, 6.07) is 8.22. The molecule has 2 N–H and O–H groups in total. The van der Waals surface area contributed by atoms with E-state index in [1.807, 2.05) is 18.3 Å². The number of nitrogens with two attached hydrogens (primary N) is 1. The minimum Gasteiger partial charge on any atom is -0.477 e. The SMILES string of the molecule is NCc1cnc(OCC2CCCCC2)c2ccccc12. The predicted octanol–water partition coefficient (Wildman–Crippen LogP) is 3.65. The molecule has 0 amide bonds. The molecule has 0 spiro atoms. The van der Waals surface area contributed by atoms with Crippen molar-refractivity contribution in [2.24, 2.45) is 11.7 Å². The molecule has 1 aliphatic carbocycles. The van der Waals surface area contributed by atoms with Crippen LogP contribution in [0.1, 0.15) is 37.7 Å². The number of aromatic nitrogens is 1. The fourth-order valence-corrected chi connectivity index (χ4v) is 3.05. The second kappa shape index (κ2) is 6.23. The van der Waals surface area contributed by atoms with Gasteiger partial charge in [0.15, 0.2) is 0 Å². The Kier molecular flexibility index (Phi) is 4.16. The molecule has 3 nitrogen and oxygen atoms in total. The third-order valence-corrected chi connectivity index (χ3v) is 4.24. The lowest BCUT2D eigenvalue weighted by Gasteiger charge is -2.21. The zero-order valence-electron chi connectivity index (χ0n) is 11.8. The van der Waals surface area contributed by atoms with Gasteiger partial charge in [-0.2, -0.15) is 0 Å². The third-order valence-electron chi connectivity index (χ3n) is 4.24. The molecular formula is C17H22N2O. The average molecular weight is 270 g/mol. The van der Waals surface area contributed by atoms with Crippen molar-refractivity contribution in [3.8, 4) is 5.88 Å². The summed E-state index contributed by atoms with van der Waals surface area (Å²) in [4.78, 5) is 4.46. The summed E-state index contributed by atoms with van der Waals surface area (Å²) in [5, 5.41) is 2.23. The Labute approximate surface area is 120 Å². The normalized spacial score (nSPS) is 16.4. The Hall–Kier alpha value is -1.61. The molecule has 0 radical (unpaired) electrons. The van der Waals surface area contributed by atoms with E-state index in [2.05, 4.69) is 17.1 Å². The summed E-state index contributed by atoms with van der Waals surface area (Å²) < 4.78 is 6.01. The lowest BCUT2D eigenvalue weighted by Crippen LogP contribution is -2.16. The Morgan fingerprint density at radius 1 is 1.10 bits per heavy atom. The van der Waals surface area contributed by atoms with Crippen LogP contribution in [0.3, 0.4) is 0 Å². The van der Waals surface area contributed by atoms with Crippen LogP contribution in [0.15, 0.2) is 30.5 Å². The van der Waals surface area contributed by atoms with Gasteiger partial charge in [-0.3, -0.25) is 0 Å². The monoisotopic (exact) mass is 270 g/mol. The summed E-state index contributed by atoms with van der Waals surface area (Å²) in [5.74, 6) is 1.45. The zero-order valence-corrected chi connectivity index (χ0v) is 11.8. The first kappa shape index (κ1) is 13.4. The number of hydrogen-bond donors (Lipinski definition) is 1. The maximum Gasteiger partial charge on any atom is 0.221 e. The molecule has 1 aliphatic rings. The first-order valence-electron chi connectivity index (χ1n) is 7.58. The highest BCUT2D eigenvalue weighted by Gasteiger charge is 2.15. The molecule has 0 aliphatic heterocycles. The van der Waals surface area contributed by atoms with Crippen molar-refractivity contribution >= 4 is 10.8 Å². The van der Waals surface area contributed by atoms with Crippen LogP contribution < -0.4 is 10.5 Å². The number of fused-ring (bicyclic) bond motifs is 1. The minimum absolute atomic E-state index is 0.510. The van der Waals surface area contributed by atoms with Crippen molar-refractivity contribution in [2.75, 3.05) is 6.61 Å². The molecule has 3 rings (SSSR count). The van der Waals surface area contributed by atoms with Crippen LogP contribution in [0.2, 0.25) is 0 Å². The molecule has 2 aromatic rings. The maximum absolute atomic E-state index is 6.01. The molecule has 1 aromatic heterocycles. The van der Waals surface area contributed by atoms with Crippen LogP contribution in [-0.2, 0) is 6.54 Å². The van der Waals surface area contributed by atoms with E-state index in [9.17, 15) is 0 Å². The first-order valence-corrected chi connectivity index (χ1v) is 7.58. The van der Waals surface area contributed by atoms with Crippen LogP contribution in [0.5, 0.6) is 5.88 Å². The Balaban J connectivity index is 1.80. The van der Waals surface area contributed by atoms with Crippen molar-refractivity contribution in [3.05, 3.63) is 36.0 Å². The van der Waals surface area contributed by atoms with Gasteiger partial charge in [0.05, 0.1) is 6.61 Å². The van der Waals surface area contributed by atoms with E-state index in [4.69, 9.17) is 10.5 Å². The van der Waals surface area contributed by atoms with Crippen molar-refractivity contribution in [2.45, 2.75) is 38.6 Å². The molecule has 0 unspecified atom stereocenters. The molecule has 106 valence electrons. The van der Waals surface area contributed by atoms with Crippen LogP contribution in [0.4, 0.5) is 0 Å². The van der Waals surface area contributed by atoms with E-state index in [1.54, 1.807) is 0 Å². The highest BCUT2D eigenvalue weighted by Crippen LogP contribution is 2.28. The summed E-state index contributed by atoms with van der Waals surface area (Å²) in [6.07, 6.45) is 8.49. The molecule has 0 atom stereocenters. The van der Waals surface area contributed by atoms with E-state index in [1.165, 1.54) is 32.1 Å². The molecule has 1 heterocycles. The fraction of sp³-hybridized carbons (Fsp3) is 0.471. The third kappa shape index (κ3) is 2.78. The predicted molar refractivity (Wildman–Crippen MR) is 81.7 cm³/mol. The highest BCUT2D eigenvalue weighted by molar-refractivity contribution is 5.89. The summed E-state index contributed by atoms with van der Waals surface area (Å²) >= 11 is 0. The topological polar surface area (TPSA) is 48.1 Å². The highest BCUT2D eigenvalue weighted by atomic mass is 16.5. The molecule has 0 saturated heterocycles. The van der Waals surface area contributed by atoms with Gasteiger partial charge >= 0.3 is 0 Å². The van der Waals surface area contributed by atoms with E-state index >= 15 is 0 Å². The number of rotatable bonds is 4. The first-order chi connectivity index (χ1) is 9.88. The van der Waals surface area contributed by atoms with E-state index < -0.39 is 0 Å². The lowest BCUT2D eigenvalue weighted by atomic mass is 9.90. The molecule has 1 saturated carbocycles. The van der Waals surface area contributed by atoms with Crippen LogP contribution in [0.25, 0.3) is 10.8 Å². The molecule has 1 aromatic carbocycles. The lowest BCUT2D eigenvalue weighted by molar-refractivity contribution is 0.205. The maximum atomic E-state index is 6.01. The second-order valence-electron chi connectivity index (χ2n) is 5.65. The molecule has 20 heavy (non-hydrogen) atoms. The molecule has 1 fully saturated rings. The van der Waals surface area contributed by atoms with Crippen LogP contribution in [-0.4, -0.2) is 11.6 Å². The quantitative estimate of drug-likeness (QED) is 0.922. The van der Waals surface area contributed by atoms with E-state index in [0.717, 1.165) is 28.8 Å². The Morgan fingerprint density at radius 2 is 1.85 bits per heavy atom. The Bertz CT molecular complexity index is 576. The number of ether oxygens (including phenoxy) is 1. The molecular weight excluding hydrogens is 248 g/mol. The van der Waals surface area contributed by atoms with E-state index in [-0.39, 0.29) is 0 Å². The zero-order chi connectivity index (χ0) is 13.8. The van der Waals surface area contributed by atoms with Gasteiger partial charge in [0.1, 0.15) is 0 Å². The average Bonchev–Trinajstić information content (AvgIpc) is 2.53. The van der Waals surface area contributed by atoms with Crippen LogP contribution >= 0.6 is 0 Å².